The molecule has 1 saturated heterocycles. The third kappa shape index (κ3) is 2.29. The van der Waals surface area contributed by atoms with Crippen LogP contribution in [0.25, 0.3) is 0 Å². The zero-order valence-electron chi connectivity index (χ0n) is 8.94. The fourth-order valence-electron chi connectivity index (χ4n) is 1.62. The van der Waals surface area contributed by atoms with E-state index in [4.69, 9.17) is 0 Å². The van der Waals surface area contributed by atoms with Crippen molar-refractivity contribution in [3.63, 3.8) is 0 Å². The number of rotatable bonds is 2. The molecule has 0 aromatic carbocycles. The van der Waals surface area contributed by atoms with E-state index in [9.17, 15) is 13.6 Å². The number of carbonyl (C=O) groups excluding carboxylic acids is 1. The summed E-state index contributed by atoms with van der Waals surface area (Å²) in [6.45, 7) is 5.70. The second-order valence-electron chi connectivity index (χ2n) is 4.46. The Bertz CT molecular complexity index is 228. The number of hydrogen-bond acceptors (Lipinski definition) is 2. The number of carbonyl (C=O) groups is 1. The summed E-state index contributed by atoms with van der Waals surface area (Å²) < 4.78 is 25.7. The first-order valence-electron chi connectivity index (χ1n) is 4.90. The van der Waals surface area contributed by atoms with Gasteiger partial charge in [0.05, 0.1) is 5.54 Å². The highest BCUT2D eigenvalue weighted by atomic mass is 19.3. The highest BCUT2D eigenvalue weighted by Crippen LogP contribution is 2.31. The summed E-state index contributed by atoms with van der Waals surface area (Å²) in [4.78, 5) is 13.1. The Morgan fingerprint density at radius 3 is 2.07 bits per heavy atom. The number of halogens is 2. The maximum absolute atomic E-state index is 12.9. The van der Waals surface area contributed by atoms with Gasteiger partial charge in [-0.05, 0) is 20.8 Å². The van der Waals surface area contributed by atoms with Gasteiger partial charge in [0.25, 0.3) is 5.92 Å². The summed E-state index contributed by atoms with van der Waals surface area (Å²) in [7, 11) is 0. The van der Waals surface area contributed by atoms with Crippen LogP contribution in [0.2, 0.25) is 0 Å². The molecule has 1 rings (SSSR count). The van der Waals surface area contributed by atoms with Gasteiger partial charge < -0.3 is 0 Å². The molecule has 82 valence electrons. The summed E-state index contributed by atoms with van der Waals surface area (Å²) in [6, 6.07) is 0. The molecule has 4 heteroatoms. The van der Waals surface area contributed by atoms with Crippen molar-refractivity contribution < 1.29 is 13.6 Å². The lowest BCUT2D eigenvalue weighted by Crippen LogP contribution is -2.54. The molecule has 0 atom stereocenters. The number of likely N-dealkylation sites (tertiary alicyclic amines) is 1. The number of piperidine rings is 1. The summed E-state index contributed by atoms with van der Waals surface area (Å²) in [5, 5.41) is 0. The summed E-state index contributed by atoms with van der Waals surface area (Å²) >= 11 is 0. The van der Waals surface area contributed by atoms with E-state index in [2.05, 4.69) is 0 Å². The Kier molecular flexibility index (Phi) is 2.95. The highest BCUT2D eigenvalue weighted by molar-refractivity contribution is 5.85. The number of ketones is 1. The van der Waals surface area contributed by atoms with Crippen LogP contribution in [-0.2, 0) is 4.79 Å². The van der Waals surface area contributed by atoms with Crippen molar-refractivity contribution in [3.05, 3.63) is 0 Å². The molecule has 0 saturated carbocycles. The lowest BCUT2D eigenvalue weighted by atomic mass is 9.94. The molecule has 0 spiro atoms. The molecule has 0 bridgehead atoms. The molecule has 0 N–H and O–H groups in total. The van der Waals surface area contributed by atoms with Crippen LogP contribution in [0, 0.1) is 0 Å². The maximum atomic E-state index is 12.9. The molecule has 14 heavy (non-hydrogen) atoms. The van der Waals surface area contributed by atoms with Crippen LogP contribution in [-0.4, -0.2) is 35.2 Å². The number of Topliss-reactive ketones (excluding diaryl/α,β-unsaturated/α-hetero) is 1. The predicted octanol–water partition coefficient (Wildman–Crippen LogP) is 2.09. The van der Waals surface area contributed by atoms with Gasteiger partial charge in [-0.15, -0.1) is 0 Å². The Labute approximate surface area is 83.3 Å². The van der Waals surface area contributed by atoms with Crippen molar-refractivity contribution in [2.24, 2.45) is 0 Å². The van der Waals surface area contributed by atoms with Gasteiger partial charge in [-0.1, -0.05) is 0 Å². The van der Waals surface area contributed by atoms with Crippen LogP contribution < -0.4 is 0 Å². The van der Waals surface area contributed by atoms with E-state index in [-0.39, 0.29) is 18.6 Å². The summed E-state index contributed by atoms with van der Waals surface area (Å²) in [6.07, 6.45) is -0.270. The molecule has 1 fully saturated rings. The average Bonchev–Trinajstić information content (AvgIpc) is 2.03. The van der Waals surface area contributed by atoms with Crippen LogP contribution in [0.15, 0.2) is 0 Å². The topological polar surface area (TPSA) is 20.3 Å². The van der Waals surface area contributed by atoms with E-state index in [1.807, 2.05) is 4.90 Å². The maximum Gasteiger partial charge on any atom is 0.250 e. The smallest absolute Gasteiger partial charge is 0.250 e. The number of hydrogen-bond donors (Lipinski definition) is 0. The van der Waals surface area contributed by atoms with Crippen LogP contribution >= 0.6 is 0 Å². The molecule has 0 aromatic rings. The van der Waals surface area contributed by atoms with Gasteiger partial charge in [-0.25, -0.2) is 8.78 Å². The predicted molar refractivity (Wildman–Crippen MR) is 50.5 cm³/mol. The molecule has 1 heterocycles. The van der Waals surface area contributed by atoms with Gasteiger partial charge in [-0.3, -0.25) is 9.69 Å². The minimum atomic E-state index is -2.54. The van der Waals surface area contributed by atoms with E-state index in [0.717, 1.165) is 0 Å². The monoisotopic (exact) mass is 205 g/mol. The van der Waals surface area contributed by atoms with Gasteiger partial charge in [0.1, 0.15) is 5.78 Å². The van der Waals surface area contributed by atoms with E-state index >= 15 is 0 Å². The molecule has 0 radical (unpaired) electrons. The van der Waals surface area contributed by atoms with Crippen LogP contribution in [0.1, 0.15) is 33.6 Å². The molecular formula is C10H17F2NO. The summed E-state index contributed by atoms with van der Waals surface area (Å²) in [5.41, 5.74) is -0.601. The van der Waals surface area contributed by atoms with Gasteiger partial charge in [0.2, 0.25) is 0 Å². The quantitative estimate of drug-likeness (QED) is 0.688. The fraction of sp³-hybridized carbons (Fsp3) is 0.900. The van der Waals surface area contributed by atoms with Crippen LogP contribution in [0.5, 0.6) is 0 Å². The zero-order valence-corrected chi connectivity index (χ0v) is 8.94. The Morgan fingerprint density at radius 2 is 1.71 bits per heavy atom. The largest absolute Gasteiger partial charge is 0.298 e. The van der Waals surface area contributed by atoms with Gasteiger partial charge in [-0.2, -0.15) is 0 Å². The van der Waals surface area contributed by atoms with Gasteiger partial charge >= 0.3 is 0 Å². The standard InChI is InChI=1S/C10H17F2NO/c1-8(14)9(2,3)13-6-4-10(11,12)5-7-13/h4-7H2,1-3H3. The molecule has 0 amide bonds. The normalized spacial score (nSPS) is 23.5. The van der Waals surface area contributed by atoms with Crippen molar-refractivity contribution >= 4 is 5.78 Å². The van der Waals surface area contributed by atoms with Crippen molar-refractivity contribution in [3.8, 4) is 0 Å². The first kappa shape index (κ1) is 11.6. The van der Waals surface area contributed by atoms with E-state index in [1.54, 1.807) is 13.8 Å². The lowest BCUT2D eigenvalue weighted by Gasteiger charge is -2.41. The van der Waals surface area contributed by atoms with Crippen molar-refractivity contribution in [2.75, 3.05) is 13.1 Å². The fourth-order valence-corrected chi connectivity index (χ4v) is 1.62. The number of nitrogens with zero attached hydrogens (tertiary/aromatic N) is 1. The Hall–Kier alpha value is -0.510. The van der Waals surface area contributed by atoms with E-state index in [0.29, 0.717) is 13.1 Å². The molecule has 1 aliphatic rings. The average molecular weight is 205 g/mol. The van der Waals surface area contributed by atoms with Crippen molar-refractivity contribution in [2.45, 2.75) is 45.1 Å². The highest BCUT2D eigenvalue weighted by Gasteiger charge is 2.40. The molecule has 0 aromatic heterocycles. The third-order valence-electron chi connectivity index (χ3n) is 3.15. The van der Waals surface area contributed by atoms with E-state index in [1.165, 1.54) is 6.92 Å². The second-order valence-corrected chi connectivity index (χ2v) is 4.46. The SMILES string of the molecule is CC(=O)C(C)(C)N1CCC(F)(F)CC1. The third-order valence-corrected chi connectivity index (χ3v) is 3.15. The minimum absolute atomic E-state index is 0.0303. The first-order valence-corrected chi connectivity index (χ1v) is 4.90. The number of alkyl halides is 2. The van der Waals surface area contributed by atoms with Crippen molar-refractivity contribution in [1.82, 2.24) is 4.90 Å². The van der Waals surface area contributed by atoms with Crippen molar-refractivity contribution in [1.29, 1.82) is 0 Å². The van der Waals surface area contributed by atoms with E-state index < -0.39 is 11.5 Å². The Balaban J connectivity index is 2.62. The Morgan fingerprint density at radius 1 is 1.29 bits per heavy atom. The second kappa shape index (κ2) is 3.57. The lowest BCUT2D eigenvalue weighted by molar-refractivity contribution is -0.132. The summed E-state index contributed by atoms with van der Waals surface area (Å²) in [5.74, 6) is -2.51. The molecule has 0 aliphatic carbocycles. The molecule has 2 nitrogen and oxygen atoms in total. The molecule has 1 aliphatic heterocycles. The molecular weight excluding hydrogens is 188 g/mol. The first-order chi connectivity index (χ1) is 6.26. The zero-order chi connectivity index (χ0) is 11.0. The van der Waals surface area contributed by atoms with Gasteiger partial charge in [0.15, 0.2) is 0 Å². The minimum Gasteiger partial charge on any atom is -0.298 e. The molecule has 0 unspecified atom stereocenters. The van der Waals surface area contributed by atoms with Gasteiger partial charge in [0, 0.05) is 25.9 Å². The van der Waals surface area contributed by atoms with Crippen LogP contribution in [0.4, 0.5) is 8.78 Å². The van der Waals surface area contributed by atoms with Crippen LogP contribution in [0.3, 0.4) is 0 Å².